The number of carbonyl (C=O) groups is 2. The van der Waals surface area contributed by atoms with Crippen LogP contribution in [0.4, 0.5) is 13.2 Å². The molecule has 1 heterocycles. The predicted octanol–water partition coefficient (Wildman–Crippen LogP) is 1.96. The zero-order valence-corrected chi connectivity index (χ0v) is 16.9. The average molecular weight is 430 g/mol. The molecule has 0 spiro atoms. The number of alkyl halides is 3. The van der Waals surface area contributed by atoms with Gasteiger partial charge in [-0.05, 0) is 25.5 Å². The lowest BCUT2D eigenvalue weighted by Crippen LogP contribution is -2.29. The maximum Gasteiger partial charge on any atom is 0.422 e. The van der Waals surface area contributed by atoms with Crippen molar-refractivity contribution in [3.63, 3.8) is 0 Å². The van der Waals surface area contributed by atoms with Crippen LogP contribution in [0.3, 0.4) is 0 Å². The first-order chi connectivity index (χ1) is 14.1. The quantitative estimate of drug-likeness (QED) is 0.386. The molecule has 0 fully saturated rings. The van der Waals surface area contributed by atoms with E-state index in [2.05, 4.69) is 20.4 Å². The summed E-state index contributed by atoms with van der Waals surface area (Å²) in [5.41, 5.74) is 6.20. The van der Waals surface area contributed by atoms with Gasteiger partial charge in [-0.1, -0.05) is 13.0 Å². The highest BCUT2D eigenvalue weighted by Crippen LogP contribution is 2.22. The maximum absolute atomic E-state index is 12.5. The lowest BCUT2D eigenvalue weighted by atomic mass is 10.1. The van der Waals surface area contributed by atoms with Gasteiger partial charge in [-0.15, -0.1) is 0 Å². The number of methoxy groups -OCH3 is 1. The molecule has 0 radical (unpaired) electrons. The molecule has 30 heavy (non-hydrogen) atoms. The fourth-order valence-electron chi connectivity index (χ4n) is 2.21. The molecule has 1 aromatic heterocycles. The van der Waals surface area contributed by atoms with Crippen LogP contribution in [0, 0.1) is 0 Å². The Labute approximate surface area is 172 Å². The highest BCUT2D eigenvalue weighted by Gasteiger charge is 2.28. The van der Waals surface area contributed by atoms with E-state index >= 15 is 0 Å². The predicted molar refractivity (Wildman–Crippen MR) is 104 cm³/mol. The minimum absolute atomic E-state index is 0.00775. The lowest BCUT2D eigenvalue weighted by Gasteiger charge is -2.13. The smallest absolute Gasteiger partial charge is 0.422 e. The van der Waals surface area contributed by atoms with Crippen molar-refractivity contribution in [1.82, 2.24) is 15.6 Å². The number of pyridine rings is 1. The van der Waals surface area contributed by atoms with E-state index in [9.17, 15) is 22.8 Å². The van der Waals surface area contributed by atoms with E-state index in [0.717, 1.165) is 0 Å². The molecule has 0 aliphatic rings. The fraction of sp³-hybridized carbons (Fsp3) is 0.421. The average Bonchev–Trinajstić information content (AvgIpc) is 2.69. The first-order valence-electron chi connectivity index (χ1n) is 9.08. The normalized spacial score (nSPS) is 12.3. The molecule has 0 aliphatic carbocycles. The van der Waals surface area contributed by atoms with Crippen LogP contribution in [-0.4, -0.2) is 43.2 Å². The van der Waals surface area contributed by atoms with Gasteiger partial charge in [0.25, 0.3) is 11.8 Å². The molecule has 2 amide bonds. The Morgan fingerprint density at radius 1 is 1.20 bits per heavy atom. The van der Waals surface area contributed by atoms with Gasteiger partial charge in [0.15, 0.2) is 6.61 Å². The van der Waals surface area contributed by atoms with E-state index < -0.39 is 24.6 Å². The van der Waals surface area contributed by atoms with Crippen molar-refractivity contribution in [1.29, 1.82) is 0 Å². The number of hydrogen-bond donors (Lipinski definition) is 3. The van der Waals surface area contributed by atoms with E-state index in [1.807, 2.05) is 6.92 Å². The summed E-state index contributed by atoms with van der Waals surface area (Å²) in [6.07, 6.45) is -1.09. The van der Waals surface area contributed by atoms with Crippen LogP contribution < -0.4 is 25.8 Å². The zero-order valence-electron chi connectivity index (χ0n) is 16.9. The SMILES string of the molecule is CC/C=C(\C=C(/N)C(=O)NCC)C(=O)NCc1ccc(OCC(F)(F)F)nc1OC. The molecule has 0 unspecified atom stereocenters. The lowest BCUT2D eigenvalue weighted by molar-refractivity contribution is -0.154. The molecule has 11 heteroatoms. The number of halogens is 3. The van der Waals surface area contributed by atoms with Crippen molar-refractivity contribution in [2.45, 2.75) is 33.0 Å². The second-order valence-electron chi connectivity index (χ2n) is 5.93. The number of hydrogen-bond acceptors (Lipinski definition) is 6. The third kappa shape index (κ3) is 8.41. The van der Waals surface area contributed by atoms with Crippen LogP contribution in [0.1, 0.15) is 25.8 Å². The molecule has 166 valence electrons. The second-order valence-corrected chi connectivity index (χ2v) is 5.93. The number of nitrogens with zero attached hydrogens (tertiary/aromatic N) is 1. The summed E-state index contributed by atoms with van der Waals surface area (Å²) in [6, 6.07) is 2.67. The highest BCUT2D eigenvalue weighted by molar-refractivity contribution is 6.00. The minimum Gasteiger partial charge on any atom is -0.481 e. The molecule has 8 nitrogen and oxygen atoms in total. The summed E-state index contributed by atoms with van der Waals surface area (Å²) in [5.74, 6) is -1.24. The highest BCUT2D eigenvalue weighted by atomic mass is 19.4. The monoisotopic (exact) mass is 430 g/mol. The van der Waals surface area contributed by atoms with Gasteiger partial charge in [0.05, 0.1) is 12.8 Å². The molecule has 0 aromatic carbocycles. The van der Waals surface area contributed by atoms with Crippen LogP contribution in [0.5, 0.6) is 11.8 Å². The molecule has 0 saturated heterocycles. The minimum atomic E-state index is -4.49. The molecule has 1 aromatic rings. The summed E-state index contributed by atoms with van der Waals surface area (Å²) in [4.78, 5) is 28.1. The van der Waals surface area contributed by atoms with Crippen LogP contribution in [0.2, 0.25) is 0 Å². The van der Waals surface area contributed by atoms with Gasteiger partial charge in [0.2, 0.25) is 11.8 Å². The Morgan fingerprint density at radius 3 is 2.47 bits per heavy atom. The Bertz CT molecular complexity index is 807. The summed E-state index contributed by atoms with van der Waals surface area (Å²) in [7, 11) is 1.29. The van der Waals surface area contributed by atoms with Gasteiger partial charge >= 0.3 is 6.18 Å². The van der Waals surface area contributed by atoms with Gasteiger partial charge in [0, 0.05) is 30.3 Å². The Kier molecular flexibility index (Phi) is 9.66. The van der Waals surface area contributed by atoms with Gasteiger partial charge in [-0.3, -0.25) is 9.59 Å². The second kappa shape index (κ2) is 11.7. The van der Waals surface area contributed by atoms with Crippen LogP contribution >= 0.6 is 0 Å². The number of nitrogens with one attached hydrogen (secondary N) is 2. The Hall–Kier alpha value is -3.24. The summed E-state index contributed by atoms with van der Waals surface area (Å²) < 4.78 is 46.4. The molecule has 0 aliphatic heterocycles. The van der Waals surface area contributed by atoms with Gasteiger partial charge in [-0.25, -0.2) is 0 Å². The number of allylic oxidation sites excluding steroid dienone is 1. The van der Waals surface area contributed by atoms with E-state index in [-0.39, 0.29) is 29.6 Å². The molecule has 1 rings (SSSR count). The van der Waals surface area contributed by atoms with Crippen LogP contribution in [0.25, 0.3) is 0 Å². The summed E-state index contributed by atoms with van der Waals surface area (Å²) in [6.45, 7) is 2.44. The summed E-state index contributed by atoms with van der Waals surface area (Å²) in [5, 5.41) is 5.16. The van der Waals surface area contributed by atoms with Crippen LogP contribution in [0.15, 0.2) is 35.6 Å². The van der Waals surface area contributed by atoms with E-state index in [0.29, 0.717) is 18.5 Å². The van der Waals surface area contributed by atoms with Crippen molar-refractivity contribution in [3.05, 3.63) is 41.1 Å². The van der Waals surface area contributed by atoms with Gasteiger partial charge < -0.3 is 25.8 Å². The van der Waals surface area contributed by atoms with Gasteiger partial charge in [0.1, 0.15) is 0 Å². The third-order valence-electron chi connectivity index (χ3n) is 3.53. The number of likely N-dealkylation sites (N-methyl/N-ethyl adjacent to an activating group) is 1. The first kappa shape index (κ1) is 24.8. The zero-order chi connectivity index (χ0) is 22.7. The van der Waals surface area contributed by atoms with Crippen molar-refractivity contribution in [2.75, 3.05) is 20.3 Å². The largest absolute Gasteiger partial charge is 0.481 e. The molecule has 0 atom stereocenters. The Balaban J connectivity index is 2.87. The Morgan fingerprint density at radius 2 is 1.90 bits per heavy atom. The molecular weight excluding hydrogens is 405 g/mol. The number of rotatable bonds is 10. The van der Waals surface area contributed by atoms with Gasteiger partial charge in [-0.2, -0.15) is 18.2 Å². The molecule has 4 N–H and O–H groups in total. The van der Waals surface area contributed by atoms with E-state index in [1.54, 1.807) is 13.0 Å². The fourth-order valence-corrected chi connectivity index (χ4v) is 2.21. The van der Waals surface area contributed by atoms with Crippen LogP contribution in [-0.2, 0) is 16.1 Å². The molecule has 0 saturated carbocycles. The maximum atomic E-state index is 12.5. The van der Waals surface area contributed by atoms with Crippen molar-refractivity contribution in [2.24, 2.45) is 5.73 Å². The van der Waals surface area contributed by atoms with Crippen molar-refractivity contribution >= 4 is 11.8 Å². The third-order valence-corrected chi connectivity index (χ3v) is 3.53. The van der Waals surface area contributed by atoms with E-state index in [4.69, 9.17) is 10.5 Å². The topological polar surface area (TPSA) is 116 Å². The molecular formula is C19H25F3N4O4. The number of amides is 2. The van der Waals surface area contributed by atoms with Crippen molar-refractivity contribution in [3.8, 4) is 11.8 Å². The number of aromatic nitrogens is 1. The van der Waals surface area contributed by atoms with E-state index in [1.165, 1.54) is 25.3 Å². The van der Waals surface area contributed by atoms with Crippen molar-refractivity contribution < 1.29 is 32.2 Å². The first-order valence-corrected chi connectivity index (χ1v) is 9.08. The standard InChI is InChI=1S/C19H25F3N4O4/c1-4-6-12(9-14(23)17(28)24-5-2)16(27)25-10-13-7-8-15(26-18(13)29-3)30-11-19(20,21)22/h6-9H,4-5,10-11,23H2,1-3H3,(H,24,28)(H,25,27)/b12-6+,14-9-. The number of carbonyl (C=O) groups excluding carboxylic acids is 2. The summed E-state index contributed by atoms with van der Waals surface area (Å²) >= 11 is 0. The number of nitrogens with two attached hydrogens (primary N) is 1. The number of ether oxygens (including phenoxy) is 2. The molecule has 0 bridgehead atoms.